The lowest BCUT2D eigenvalue weighted by atomic mass is 10.0. The van der Waals surface area contributed by atoms with Gasteiger partial charge in [-0.05, 0) is 31.3 Å². The maximum Gasteiger partial charge on any atom is 0.341 e. The summed E-state index contributed by atoms with van der Waals surface area (Å²) in [6.45, 7) is 2.65. The number of carboxylic acids is 1. The molecule has 0 aliphatic carbocycles. The Bertz CT molecular complexity index is 1280. The molecule has 0 saturated carbocycles. The number of hydrogen-bond acceptors (Lipinski definition) is 5. The molecular weight excluding hydrogens is 394 g/mol. The van der Waals surface area contributed by atoms with E-state index >= 15 is 4.39 Å². The van der Waals surface area contributed by atoms with Gasteiger partial charge in [-0.25, -0.2) is 13.6 Å². The minimum atomic E-state index is -1.40. The molecule has 7 nitrogen and oxygen atoms in total. The average molecular weight is 412 g/mol. The maximum absolute atomic E-state index is 15.3. The first kappa shape index (κ1) is 18.6. The Morgan fingerprint density at radius 2 is 1.87 bits per heavy atom. The van der Waals surface area contributed by atoms with Gasteiger partial charge in [0.25, 0.3) is 0 Å². The fourth-order valence-corrected chi connectivity index (χ4v) is 4.20. The monoisotopic (exact) mass is 412 g/mol. The number of fused-ring (bicyclic) bond motifs is 2. The van der Waals surface area contributed by atoms with Crippen LogP contribution in [0.1, 0.15) is 10.4 Å². The quantitative estimate of drug-likeness (QED) is 0.527. The maximum atomic E-state index is 15.3. The fraction of sp³-hybridized carbons (Fsp3) is 0.238. The lowest BCUT2D eigenvalue weighted by Crippen LogP contribution is -2.45. The number of nitrogens with one attached hydrogen (secondary N) is 1. The van der Waals surface area contributed by atoms with Crippen molar-refractivity contribution in [3.63, 3.8) is 0 Å². The Balaban J connectivity index is 1.87. The molecule has 2 aliphatic rings. The highest BCUT2D eigenvalue weighted by Gasteiger charge is 2.30. The van der Waals surface area contributed by atoms with Gasteiger partial charge in [0.05, 0.1) is 33.7 Å². The number of benzene rings is 2. The van der Waals surface area contributed by atoms with Crippen LogP contribution in [-0.2, 0) is 0 Å². The second-order valence-corrected chi connectivity index (χ2v) is 7.60. The number of anilines is 3. The predicted molar refractivity (Wildman–Crippen MR) is 109 cm³/mol. The average Bonchev–Trinajstić information content (AvgIpc) is 2.70. The van der Waals surface area contributed by atoms with E-state index < -0.39 is 28.6 Å². The van der Waals surface area contributed by atoms with Crippen molar-refractivity contribution in [2.24, 2.45) is 0 Å². The van der Waals surface area contributed by atoms with Gasteiger partial charge in [-0.1, -0.05) is 0 Å². The first-order valence-corrected chi connectivity index (χ1v) is 9.51. The van der Waals surface area contributed by atoms with E-state index in [1.807, 2.05) is 11.9 Å². The van der Waals surface area contributed by atoms with Crippen LogP contribution in [0.2, 0.25) is 0 Å². The molecule has 3 heterocycles. The molecule has 0 spiro atoms. The van der Waals surface area contributed by atoms with E-state index in [0.29, 0.717) is 41.4 Å². The number of nitrogens with zero attached hydrogens (tertiary/aromatic N) is 3. The highest BCUT2D eigenvalue weighted by Crippen LogP contribution is 2.43. The van der Waals surface area contributed by atoms with Crippen LogP contribution in [0, 0.1) is 11.6 Å². The van der Waals surface area contributed by atoms with Crippen molar-refractivity contribution in [3.05, 3.63) is 57.9 Å². The van der Waals surface area contributed by atoms with Crippen molar-refractivity contribution < 1.29 is 18.7 Å². The molecule has 2 aliphatic heterocycles. The molecular formula is C21H18F2N4O3. The van der Waals surface area contributed by atoms with Gasteiger partial charge in [0.1, 0.15) is 17.2 Å². The van der Waals surface area contributed by atoms with E-state index in [1.165, 1.54) is 29.0 Å². The molecule has 0 radical (unpaired) electrons. The Kier molecular flexibility index (Phi) is 4.04. The second-order valence-electron chi connectivity index (χ2n) is 7.60. The number of halogens is 2. The van der Waals surface area contributed by atoms with Crippen molar-refractivity contribution in [1.82, 2.24) is 9.47 Å². The first-order valence-electron chi connectivity index (χ1n) is 9.51. The van der Waals surface area contributed by atoms with E-state index in [2.05, 4.69) is 10.2 Å². The van der Waals surface area contributed by atoms with Crippen molar-refractivity contribution in [2.45, 2.75) is 0 Å². The summed E-state index contributed by atoms with van der Waals surface area (Å²) in [4.78, 5) is 28.5. The first-order chi connectivity index (χ1) is 14.3. The van der Waals surface area contributed by atoms with Gasteiger partial charge in [0, 0.05) is 32.4 Å². The van der Waals surface area contributed by atoms with Crippen molar-refractivity contribution >= 4 is 33.9 Å². The lowest BCUT2D eigenvalue weighted by molar-refractivity contribution is 0.0695. The van der Waals surface area contributed by atoms with Crippen LogP contribution in [0.5, 0.6) is 0 Å². The summed E-state index contributed by atoms with van der Waals surface area (Å²) in [6, 6.07) is 5.12. The summed E-state index contributed by atoms with van der Waals surface area (Å²) in [5.74, 6) is -2.52. The highest BCUT2D eigenvalue weighted by atomic mass is 19.1. The third kappa shape index (κ3) is 2.66. The summed E-state index contributed by atoms with van der Waals surface area (Å²) >= 11 is 0. The zero-order valence-electron chi connectivity index (χ0n) is 16.1. The van der Waals surface area contributed by atoms with Crippen LogP contribution >= 0.6 is 0 Å². The van der Waals surface area contributed by atoms with Crippen LogP contribution in [0.25, 0.3) is 16.6 Å². The molecule has 0 atom stereocenters. The molecule has 3 aromatic rings. The molecule has 2 aromatic carbocycles. The molecule has 9 heteroatoms. The Hall–Kier alpha value is -3.46. The summed E-state index contributed by atoms with van der Waals surface area (Å²) in [5.41, 5.74) is 0.614. The molecule has 1 aromatic heterocycles. The van der Waals surface area contributed by atoms with Crippen LogP contribution < -0.4 is 15.6 Å². The molecule has 0 bridgehead atoms. The number of aromatic nitrogens is 1. The molecule has 1 saturated heterocycles. The minimum absolute atomic E-state index is 0.0391. The predicted octanol–water partition coefficient (Wildman–Crippen LogP) is 2.78. The number of piperazine rings is 1. The number of carbonyl (C=O) groups is 1. The normalized spacial score (nSPS) is 15.8. The Morgan fingerprint density at radius 1 is 1.13 bits per heavy atom. The van der Waals surface area contributed by atoms with E-state index in [4.69, 9.17) is 0 Å². The van der Waals surface area contributed by atoms with Crippen LogP contribution in [0.3, 0.4) is 0 Å². The van der Waals surface area contributed by atoms with E-state index in [1.54, 1.807) is 0 Å². The Morgan fingerprint density at radius 3 is 2.57 bits per heavy atom. The van der Waals surface area contributed by atoms with Crippen LogP contribution in [-0.4, -0.2) is 53.8 Å². The van der Waals surface area contributed by atoms with Crippen molar-refractivity contribution in [3.8, 4) is 5.69 Å². The molecule has 30 heavy (non-hydrogen) atoms. The standard InChI is InChI=1S/C21H18F2N4O3/c1-25-4-6-26(7-5-25)19-14(23)9-12-18-17(19)24-15-8-11(22)2-3-16(15)27(18)10-13(20(12)28)21(29)30/h2-3,8-10,24H,4-7H2,1H3,(H,29,30). The van der Waals surface area contributed by atoms with Gasteiger partial charge < -0.3 is 24.8 Å². The summed E-state index contributed by atoms with van der Waals surface area (Å²) < 4.78 is 30.8. The molecule has 2 N–H and O–H groups in total. The van der Waals surface area contributed by atoms with Crippen molar-refractivity contribution in [2.75, 3.05) is 43.4 Å². The molecule has 154 valence electrons. The topological polar surface area (TPSA) is 77.8 Å². The molecule has 0 unspecified atom stereocenters. The van der Waals surface area contributed by atoms with Gasteiger partial charge in [0.2, 0.25) is 5.43 Å². The molecule has 0 amide bonds. The third-order valence-electron chi connectivity index (χ3n) is 5.74. The van der Waals surface area contributed by atoms with Gasteiger partial charge in [-0.3, -0.25) is 4.79 Å². The second kappa shape index (κ2) is 6.53. The number of aromatic carboxylic acids is 1. The van der Waals surface area contributed by atoms with Gasteiger partial charge >= 0.3 is 5.97 Å². The SMILES string of the molecule is CN1CCN(c2c(F)cc3c(=O)c(C(=O)O)cn4c3c2Nc2cc(F)ccc2-4)CC1. The smallest absolute Gasteiger partial charge is 0.341 e. The van der Waals surface area contributed by atoms with Crippen LogP contribution in [0.15, 0.2) is 35.3 Å². The zero-order valence-corrected chi connectivity index (χ0v) is 16.1. The molecule has 5 rings (SSSR count). The van der Waals surface area contributed by atoms with E-state index in [0.717, 1.165) is 19.2 Å². The Labute approximate surface area is 169 Å². The summed E-state index contributed by atoms with van der Waals surface area (Å²) in [7, 11) is 1.99. The van der Waals surface area contributed by atoms with E-state index in [9.17, 15) is 19.1 Å². The zero-order chi connectivity index (χ0) is 21.2. The molecule has 1 fully saturated rings. The largest absolute Gasteiger partial charge is 0.477 e. The summed E-state index contributed by atoms with van der Waals surface area (Å²) in [5, 5.41) is 12.5. The highest BCUT2D eigenvalue weighted by molar-refractivity contribution is 6.06. The number of rotatable bonds is 2. The van der Waals surface area contributed by atoms with Gasteiger partial charge in [0.15, 0.2) is 0 Å². The summed E-state index contributed by atoms with van der Waals surface area (Å²) in [6.07, 6.45) is 1.22. The lowest BCUT2D eigenvalue weighted by Gasteiger charge is -2.37. The number of pyridine rings is 1. The van der Waals surface area contributed by atoms with Crippen molar-refractivity contribution in [1.29, 1.82) is 0 Å². The van der Waals surface area contributed by atoms with E-state index in [-0.39, 0.29) is 5.39 Å². The fourth-order valence-electron chi connectivity index (χ4n) is 4.20. The van der Waals surface area contributed by atoms with Crippen LogP contribution in [0.4, 0.5) is 25.8 Å². The van der Waals surface area contributed by atoms with Gasteiger partial charge in [-0.2, -0.15) is 0 Å². The number of carboxylic acid groups (broad SMARTS) is 1. The van der Waals surface area contributed by atoms with Gasteiger partial charge in [-0.15, -0.1) is 0 Å². The number of hydrogen-bond donors (Lipinski definition) is 2. The minimum Gasteiger partial charge on any atom is -0.477 e. The number of likely N-dealkylation sites (N-methyl/N-ethyl adjacent to an activating group) is 1. The third-order valence-corrected chi connectivity index (χ3v) is 5.74.